The van der Waals surface area contributed by atoms with E-state index in [2.05, 4.69) is 17.4 Å². The van der Waals surface area contributed by atoms with E-state index in [4.69, 9.17) is 9.15 Å². The summed E-state index contributed by atoms with van der Waals surface area (Å²) in [5.41, 5.74) is 2.06. The van der Waals surface area contributed by atoms with Gasteiger partial charge in [0.1, 0.15) is 5.60 Å². The van der Waals surface area contributed by atoms with Crippen LogP contribution in [0.4, 0.5) is 0 Å². The molecular weight excluding hydrogens is 320 g/mol. The molecule has 0 aliphatic carbocycles. The van der Waals surface area contributed by atoms with Crippen molar-refractivity contribution in [2.75, 3.05) is 19.6 Å². The van der Waals surface area contributed by atoms with Crippen LogP contribution in [-0.2, 0) is 21.7 Å². The number of ether oxygens (including phenoxy) is 1. The number of amides is 2. The van der Waals surface area contributed by atoms with Crippen LogP contribution in [0.5, 0.6) is 0 Å². The number of carbonyl (C=O) groups is 2. The highest BCUT2D eigenvalue weighted by atomic mass is 16.5. The highest BCUT2D eigenvalue weighted by Crippen LogP contribution is 2.43. The molecule has 1 spiro atoms. The molecule has 2 aromatic rings. The third kappa shape index (κ3) is 2.93. The van der Waals surface area contributed by atoms with Gasteiger partial charge in [0, 0.05) is 19.5 Å². The summed E-state index contributed by atoms with van der Waals surface area (Å²) in [7, 11) is 0. The lowest BCUT2D eigenvalue weighted by atomic mass is 9.92. The second-order valence-electron chi connectivity index (χ2n) is 6.49. The SMILES string of the molecule is O=C(NCCC(=O)N1CC[C@@]2(C1)OCc1ccccc12)c1ccco1. The Labute approximate surface area is 145 Å². The van der Waals surface area contributed by atoms with E-state index in [1.165, 1.54) is 17.4 Å². The monoisotopic (exact) mass is 340 g/mol. The van der Waals surface area contributed by atoms with Crippen molar-refractivity contribution in [1.82, 2.24) is 10.2 Å². The number of rotatable bonds is 4. The minimum Gasteiger partial charge on any atom is -0.459 e. The zero-order chi connectivity index (χ0) is 17.3. The molecule has 1 atom stereocenters. The van der Waals surface area contributed by atoms with Gasteiger partial charge < -0.3 is 19.4 Å². The van der Waals surface area contributed by atoms with Crippen LogP contribution in [0, 0.1) is 0 Å². The van der Waals surface area contributed by atoms with Crippen LogP contribution < -0.4 is 5.32 Å². The zero-order valence-electron chi connectivity index (χ0n) is 13.9. The Morgan fingerprint density at radius 1 is 1.20 bits per heavy atom. The Bertz CT molecular complexity index is 786. The Hall–Kier alpha value is -2.60. The van der Waals surface area contributed by atoms with Gasteiger partial charge in [0.25, 0.3) is 5.91 Å². The Balaban J connectivity index is 1.32. The average Bonchev–Trinajstić information content (AvgIpc) is 3.37. The van der Waals surface area contributed by atoms with Gasteiger partial charge in [-0.05, 0) is 29.7 Å². The van der Waals surface area contributed by atoms with E-state index >= 15 is 0 Å². The van der Waals surface area contributed by atoms with Crippen molar-refractivity contribution in [1.29, 1.82) is 0 Å². The molecule has 0 saturated carbocycles. The lowest BCUT2D eigenvalue weighted by Gasteiger charge is -2.24. The first-order chi connectivity index (χ1) is 12.2. The molecule has 2 amide bonds. The summed E-state index contributed by atoms with van der Waals surface area (Å²) in [5, 5.41) is 2.70. The predicted molar refractivity (Wildman–Crippen MR) is 89.8 cm³/mol. The second-order valence-corrected chi connectivity index (χ2v) is 6.49. The van der Waals surface area contributed by atoms with Crippen LogP contribution in [0.15, 0.2) is 47.1 Å². The third-order valence-corrected chi connectivity index (χ3v) is 4.97. The number of nitrogens with zero attached hydrogens (tertiary/aromatic N) is 1. The lowest BCUT2D eigenvalue weighted by Crippen LogP contribution is -2.36. The van der Waals surface area contributed by atoms with Gasteiger partial charge in [-0.25, -0.2) is 0 Å². The van der Waals surface area contributed by atoms with Crippen molar-refractivity contribution in [2.24, 2.45) is 0 Å². The van der Waals surface area contributed by atoms with E-state index in [0.29, 0.717) is 26.2 Å². The fraction of sp³-hybridized carbons (Fsp3) is 0.368. The van der Waals surface area contributed by atoms with E-state index in [1.54, 1.807) is 12.1 Å². The molecule has 0 unspecified atom stereocenters. The van der Waals surface area contributed by atoms with Gasteiger partial charge in [-0.2, -0.15) is 0 Å². The molecule has 1 aromatic carbocycles. The minimum absolute atomic E-state index is 0.0320. The summed E-state index contributed by atoms with van der Waals surface area (Å²) in [6, 6.07) is 11.5. The van der Waals surface area contributed by atoms with E-state index in [9.17, 15) is 9.59 Å². The molecule has 6 heteroatoms. The summed E-state index contributed by atoms with van der Waals surface area (Å²) in [4.78, 5) is 26.1. The maximum atomic E-state index is 12.5. The lowest BCUT2D eigenvalue weighted by molar-refractivity contribution is -0.131. The number of benzene rings is 1. The molecule has 130 valence electrons. The second kappa shape index (κ2) is 6.37. The summed E-state index contributed by atoms with van der Waals surface area (Å²) >= 11 is 0. The Morgan fingerprint density at radius 3 is 2.92 bits per heavy atom. The third-order valence-electron chi connectivity index (χ3n) is 4.97. The maximum Gasteiger partial charge on any atom is 0.286 e. The first-order valence-corrected chi connectivity index (χ1v) is 8.50. The number of hydrogen-bond donors (Lipinski definition) is 1. The van der Waals surface area contributed by atoms with Gasteiger partial charge >= 0.3 is 0 Å². The van der Waals surface area contributed by atoms with E-state index in [-0.39, 0.29) is 29.6 Å². The van der Waals surface area contributed by atoms with E-state index in [1.807, 2.05) is 17.0 Å². The van der Waals surface area contributed by atoms with Gasteiger partial charge in [-0.1, -0.05) is 24.3 Å². The first kappa shape index (κ1) is 15.9. The van der Waals surface area contributed by atoms with Crippen molar-refractivity contribution in [3.8, 4) is 0 Å². The molecule has 1 aromatic heterocycles. The minimum atomic E-state index is -0.357. The number of likely N-dealkylation sites (tertiary alicyclic amines) is 1. The molecule has 0 bridgehead atoms. The number of hydrogen-bond acceptors (Lipinski definition) is 4. The largest absolute Gasteiger partial charge is 0.459 e. The molecule has 3 heterocycles. The van der Waals surface area contributed by atoms with Crippen LogP contribution in [-0.4, -0.2) is 36.3 Å². The maximum absolute atomic E-state index is 12.5. The van der Waals surface area contributed by atoms with Gasteiger partial charge in [0.15, 0.2) is 5.76 Å². The molecule has 1 fully saturated rings. The van der Waals surface area contributed by atoms with Crippen LogP contribution in [0.1, 0.15) is 34.5 Å². The summed E-state index contributed by atoms with van der Waals surface area (Å²) in [6.07, 6.45) is 2.53. The standard InChI is InChI=1S/C19H20N2O4/c22-17(7-9-20-18(23)16-6-3-11-24-16)21-10-8-19(13-21)15-5-2-1-4-14(15)12-25-19/h1-6,11H,7-10,12-13H2,(H,20,23)/t19-/m0/s1. The normalized spacial score (nSPS) is 21.5. The van der Waals surface area contributed by atoms with Crippen LogP contribution in [0.3, 0.4) is 0 Å². The zero-order valence-corrected chi connectivity index (χ0v) is 13.9. The molecule has 1 saturated heterocycles. The Kier molecular flexibility index (Phi) is 4.05. The fourth-order valence-corrected chi connectivity index (χ4v) is 3.65. The van der Waals surface area contributed by atoms with Gasteiger partial charge in [-0.3, -0.25) is 9.59 Å². The highest BCUT2D eigenvalue weighted by Gasteiger charge is 2.46. The number of nitrogens with one attached hydrogen (secondary N) is 1. The van der Waals surface area contributed by atoms with Crippen molar-refractivity contribution < 1.29 is 18.7 Å². The summed E-state index contributed by atoms with van der Waals surface area (Å²) in [6.45, 7) is 2.16. The van der Waals surface area contributed by atoms with Gasteiger partial charge in [0.2, 0.25) is 5.91 Å². The van der Waals surface area contributed by atoms with Crippen molar-refractivity contribution in [3.63, 3.8) is 0 Å². The Morgan fingerprint density at radius 2 is 2.08 bits per heavy atom. The van der Waals surface area contributed by atoms with Crippen molar-refractivity contribution in [3.05, 3.63) is 59.5 Å². The quantitative estimate of drug-likeness (QED) is 0.925. The molecular formula is C19H20N2O4. The molecule has 2 aliphatic rings. The molecule has 1 N–H and O–H groups in total. The molecule has 6 nitrogen and oxygen atoms in total. The van der Waals surface area contributed by atoms with Crippen LogP contribution in [0.25, 0.3) is 0 Å². The topological polar surface area (TPSA) is 71.8 Å². The predicted octanol–water partition coefficient (Wildman–Crippen LogP) is 2.06. The number of carbonyl (C=O) groups excluding carboxylic acids is 2. The first-order valence-electron chi connectivity index (χ1n) is 8.50. The smallest absolute Gasteiger partial charge is 0.286 e. The molecule has 4 rings (SSSR count). The fourth-order valence-electron chi connectivity index (χ4n) is 3.65. The van der Waals surface area contributed by atoms with Gasteiger partial charge in [-0.15, -0.1) is 0 Å². The summed E-state index contributed by atoms with van der Waals surface area (Å²) in [5.74, 6) is -0.0168. The summed E-state index contributed by atoms with van der Waals surface area (Å²) < 4.78 is 11.1. The number of fused-ring (bicyclic) bond motifs is 2. The molecule has 2 aliphatic heterocycles. The van der Waals surface area contributed by atoms with E-state index < -0.39 is 0 Å². The highest BCUT2D eigenvalue weighted by molar-refractivity contribution is 5.91. The van der Waals surface area contributed by atoms with Crippen molar-refractivity contribution >= 4 is 11.8 Å². The number of furan rings is 1. The van der Waals surface area contributed by atoms with E-state index in [0.717, 1.165) is 6.42 Å². The van der Waals surface area contributed by atoms with Crippen molar-refractivity contribution in [2.45, 2.75) is 25.0 Å². The molecule has 25 heavy (non-hydrogen) atoms. The van der Waals surface area contributed by atoms with Gasteiger partial charge in [0.05, 0.1) is 19.4 Å². The van der Waals surface area contributed by atoms with Crippen LogP contribution >= 0.6 is 0 Å². The van der Waals surface area contributed by atoms with Crippen LogP contribution in [0.2, 0.25) is 0 Å². The average molecular weight is 340 g/mol. The molecule has 0 radical (unpaired) electrons.